The van der Waals surface area contributed by atoms with Gasteiger partial charge in [-0.05, 0) is 31.0 Å². The average molecular weight is 321 g/mol. The van der Waals surface area contributed by atoms with Crippen LogP contribution in [0.2, 0.25) is 0 Å². The van der Waals surface area contributed by atoms with Gasteiger partial charge in [0, 0.05) is 0 Å². The van der Waals surface area contributed by atoms with E-state index in [4.69, 9.17) is 0 Å². The monoisotopic (exact) mass is 321 g/mol. The minimum atomic E-state index is -3.95. The van der Waals surface area contributed by atoms with E-state index in [1.165, 1.54) is 12.1 Å². The van der Waals surface area contributed by atoms with Gasteiger partial charge in [0.25, 0.3) is 0 Å². The fourth-order valence-electron chi connectivity index (χ4n) is 1.99. The van der Waals surface area contributed by atoms with Gasteiger partial charge in [0.15, 0.2) is 0 Å². The Bertz CT molecular complexity index is 743. The second-order valence-corrected chi connectivity index (χ2v) is 6.69. The summed E-state index contributed by atoms with van der Waals surface area (Å²) in [7, 11) is -3.95. The highest BCUT2D eigenvalue weighted by atomic mass is 32.2. The molecule has 22 heavy (non-hydrogen) atoms. The number of carbonyl (C=O) groups excluding carboxylic acids is 1. The zero-order valence-corrected chi connectivity index (χ0v) is 12.8. The fourth-order valence-corrected chi connectivity index (χ4v) is 3.17. The second-order valence-electron chi connectivity index (χ2n) is 4.98. The number of halogens is 1. The Labute approximate surface area is 129 Å². The van der Waals surface area contributed by atoms with Crippen LogP contribution in [0.4, 0.5) is 4.39 Å². The Balaban J connectivity index is 2.20. The van der Waals surface area contributed by atoms with Crippen LogP contribution in [0, 0.1) is 6.92 Å². The Morgan fingerprint density at radius 2 is 1.68 bits per heavy atom. The molecule has 0 bridgehead atoms. The SMILES string of the molecule is Cc1ccc(S(=O)(=O)NC(Cc2ccccc2)C(=O)F)cc1. The van der Waals surface area contributed by atoms with Crippen molar-refractivity contribution in [3.05, 3.63) is 65.7 Å². The largest absolute Gasteiger partial charge is 0.319 e. The molecule has 0 aliphatic carbocycles. The maximum atomic E-state index is 13.2. The molecule has 0 spiro atoms. The summed E-state index contributed by atoms with van der Waals surface area (Å²) in [5.41, 5.74) is 1.58. The highest BCUT2D eigenvalue weighted by Gasteiger charge is 2.25. The Morgan fingerprint density at radius 1 is 1.09 bits per heavy atom. The predicted molar refractivity (Wildman–Crippen MR) is 81.5 cm³/mol. The minimum Gasteiger partial charge on any atom is -0.259 e. The van der Waals surface area contributed by atoms with Crippen molar-refractivity contribution < 1.29 is 17.6 Å². The maximum absolute atomic E-state index is 13.2. The molecule has 2 aromatic carbocycles. The average Bonchev–Trinajstić information content (AvgIpc) is 2.48. The Morgan fingerprint density at radius 3 is 2.23 bits per heavy atom. The van der Waals surface area contributed by atoms with E-state index >= 15 is 0 Å². The molecule has 1 N–H and O–H groups in total. The van der Waals surface area contributed by atoms with Gasteiger partial charge in [-0.2, -0.15) is 9.11 Å². The molecule has 0 aromatic heterocycles. The van der Waals surface area contributed by atoms with Crippen molar-refractivity contribution >= 4 is 16.1 Å². The molecule has 4 nitrogen and oxygen atoms in total. The Hall–Kier alpha value is -2.05. The standard InChI is InChI=1S/C16H16FNO3S/c1-12-7-9-14(10-8-12)22(20,21)18-15(16(17)19)11-13-5-3-2-4-6-13/h2-10,15,18H,11H2,1H3. The van der Waals surface area contributed by atoms with E-state index in [-0.39, 0.29) is 11.3 Å². The summed E-state index contributed by atoms with van der Waals surface area (Å²) in [5.74, 6) is 0. The van der Waals surface area contributed by atoms with Crippen LogP contribution in [-0.2, 0) is 21.2 Å². The lowest BCUT2D eigenvalue weighted by atomic mass is 10.1. The van der Waals surface area contributed by atoms with Crippen LogP contribution >= 0.6 is 0 Å². The van der Waals surface area contributed by atoms with Crippen LogP contribution < -0.4 is 4.72 Å². The number of aryl methyl sites for hydroxylation is 1. The molecule has 6 heteroatoms. The van der Waals surface area contributed by atoms with Gasteiger partial charge in [-0.1, -0.05) is 48.0 Å². The molecular formula is C16H16FNO3S. The van der Waals surface area contributed by atoms with E-state index in [1.54, 1.807) is 42.5 Å². The second kappa shape index (κ2) is 6.81. The smallest absolute Gasteiger partial charge is 0.259 e. The third-order valence-electron chi connectivity index (χ3n) is 3.19. The molecule has 0 aliphatic rings. The van der Waals surface area contributed by atoms with Crippen molar-refractivity contribution in [2.45, 2.75) is 24.3 Å². The number of rotatable bonds is 6. The lowest BCUT2D eigenvalue weighted by Crippen LogP contribution is -2.40. The van der Waals surface area contributed by atoms with E-state index in [1.807, 2.05) is 6.92 Å². The third-order valence-corrected chi connectivity index (χ3v) is 4.67. The van der Waals surface area contributed by atoms with Gasteiger partial charge in [0.2, 0.25) is 10.0 Å². The first-order chi connectivity index (χ1) is 10.4. The van der Waals surface area contributed by atoms with Gasteiger partial charge >= 0.3 is 6.04 Å². The van der Waals surface area contributed by atoms with Gasteiger partial charge < -0.3 is 0 Å². The predicted octanol–water partition coefficient (Wildman–Crippen LogP) is 2.38. The normalized spacial score (nSPS) is 12.8. The first-order valence-corrected chi connectivity index (χ1v) is 8.19. The van der Waals surface area contributed by atoms with Crippen LogP contribution in [0.1, 0.15) is 11.1 Å². The molecule has 0 fully saturated rings. The molecule has 0 heterocycles. The van der Waals surface area contributed by atoms with Gasteiger partial charge in [0.05, 0.1) is 4.90 Å². The van der Waals surface area contributed by atoms with Gasteiger partial charge in [0.1, 0.15) is 6.04 Å². The summed E-state index contributed by atoms with van der Waals surface area (Å²) in [6.07, 6.45) is -0.0404. The summed E-state index contributed by atoms with van der Waals surface area (Å²) < 4.78 is 39.8. The number of hydrogen-bond donors (Lipinski definition) is 1. The van der Waals surface area contributed by atoms with Crippen LogP contribution in [0.15, 0.2) is 59.5 Å². The summed E-state index contributed by atoms with van der Waals surface area (Å²) in [6.45, 7) is 1.83. The van der Waals surface area contributed by atoms with E-state index in [0.29, 0.717) is 5.56 Å². The summed E-state index contributed by atoms with van der Waals surface area (Å²) in [6, 6.07) is 11.6. The summed E-state index contributed by atoms with van der Waals surface area (Å²) in [5, 5.41) is 0. The number of nitrogens with one attached hydrogen (secondary N) is 1. The van der Waals surface area contributed by atoms with Gasteiger partial charge in [-0.25, -0.2) is 8.42 Å². The number of sulfonamides is 1. The van der Waals surface area contributed by atoms with Crippen molar-refractivity contribution in [1.82, 2.24) is 4.72 Å². The minimum absolute atomic E-state index is 0.00240. The maximum Gasteiger partial charge on any atom is 0.319 e. The van der Waals surface area contributed by atoms with Crippen LogP contribution in [0.3, 0.4) is 0 Å². The zero-order chi connectivity index (χ0) is 16.2. The first-order valence-electron chi connectivity index (χ1n) is 6.71. The molecule has 2 aromatic rings. The molecule has 116 valence electrons. The first kappa shape index (κ1) is 16.3. The van der Waals surface area contributed by atoms with E-state index < -0.39 is 22.1 Å². The van der Waals surface area contributed by atoms with E-state index in [2.05, 4.69) is 4.72 Å². The molecule has 1 unspecified atom stereocenters. The molecule has 1 atom stereocenters. The molecule has 0 radical (unpaired) electrons. The van der Waals surface area contributed by atoms with Crippen LogP contribution in [-0.4, -0.2) is 20.5 Å². The number of benzene rings is 2. The van der Waals surface area contributed by atoms with Gasteiger partial charge in [-0.15, -0.1) is 0 Å². The van der Waals surface area contributed by atoms with Crippen LogP contribution in [0.5, 0.6) is 0 Å². The molecule has 0 aliphatic heterocycles. The molecule has 0 saturated carbocycles. The van der Waals surface area contributed by atoms with Gasteiger partial charge in [-0.3, -0.25) is 4.79 Å². The van der Waals surface area contributed by atoms with Crippen molar-refractivity contribution in [2.75, 3.05) is 0 Å². The van der Waals surface area contributed by atoms with Crippen molar-refractivity contribution in [3.63, 3.8) is 0 Å². The summed E-state index contributed by atoms with van der Waals surface area (Å²) >= 11 is 0. The quantitative estimate of drug-likeness (QED) is 0.831. The lowest BCUT2D eigenvalue weighted by molar-refractivity contribution is -0.131. The van der Waals surface area contributed by atoms with Crippen LogP contribution in [0.25, 0.3) is 0 Å². The molecule has 2 rings (SSSR count). The van der Waals surface area contributed by atoms with E-state index in [0.717, 1.165) is 5.56 Å². The third kappa shape index (κ3) is 4.22. The molecule has 0 saturated heterocycles. The zero-order valence-electron chi connectivity index (χ0n) is 12.0. The van der Waals surface area contributed by atoms with Crippen molar-refractivity contribution in [2.24, 2.45) is 0 Å². The van der Waals surface area contributed by atoms with Crippen molar-refractivity contribution in [3.8, 4) is 0 Å². The topological polar surface area (TPSA) is 63.2 Å². The highest BCUT2D eigenvalue weighted by molar-refractivity contribution is 7.89. The number of hydrogen-bond acceptors (Lipinski definition) is 3. The highest BCUT2D eigenvalue weighted by Crippen LogP contribution is 2.13. The Kier molecular flexibility index (Phi) is 5.05. The van der Waals surface area contributed by atoms with Crippen molar-refractivity contribution in [1.29, 1.82) is 0 Å². The molecule has 0 amide bonds. The molecular weight excluding hydrogens is 305 g/mol. The van der Waals surface area contributed by atoms with E-state index in [9.17, 15) is 17.6 Å². The summed E-state index contributed by atoms with van der Waals surface area (Å²) in [4.78, 5) is 11.1. The lowest BCUT2D eigenvalue weighted by Gasteiger charge is -2.14. The fraction of sp³-hybridized carbons (Fsp3) is 0.188. The number of carbonyl (C=O) groups is 1.